The fourth-order valence-corrected chi connectivity index (χ4v) is 3.34. The summed E-state index contributed by atoms with van der Waals surface area (Å²) >= 11 is 0. The summed E-state index contributed by atoms with van der Waals surface area (Å²) in [6, 6.07) is 10.4. The highest BCUT2D eigenvalue weighted by Crippen LogP contribution is 2.29. The van der Waals surface area contributed by atoms with E-state index in [1.54, 1.807) is 6.07 Å². The molecule has 0 bridgehead atoms. The van der Waals surface area contributed by atoms with Crippen LogP contribution < -0.4 is 4.72 Å². The largest absolute Gasteiger partial charge is 0.417 e. The van der Waals surface area contributed by atoms with Crippen LogP contribution in [0.1, 0.15) is 16.7 Å². The predicted molar refractivity (Wildman–Crippen MR) is 93.0 cm³/mol. The molecule has 3 rings (SSSR count). The lowest BCUT2D eigenvalue weighted by Crippen LogP contribution is -2.17. The summed E-state index contributed by atoms with van der Waals surface area (Å²) in [4.78, 5) is 3.46. The van der Waals surface area contributed by atoms with Crippen molar-refractivity contribution in [1.29, 1.82) is 10.5 Å². The molecule has 12 heteroatoms. The van der Waals surface area contributed by atoms with Gasteiger partial charge < -0.3 is 0 Å². The highest BCUT2D eigenvalue weighted by molar-refractivity contribution is 7.92. The Morgan fingerprint density at radius 3 is 2.21 bits per heavy atom. The van der Waals surface area contributed by atoms with E-state index in [2.05, 4.69) is 14.8 Å². The maximum absolute atomic E-state index is 12.7. The third-order valence-electron chi connectivity index (χ3n) is 3.71. The van der Waals surface area contributed by atoms with Crippen LogP contribution in [0.2, 0.25) is 0 Å². The number of nitrogens with zero attached hydrogens (tertiary/aromatic N) is 5. The number of anilines is 1. The Labute approximate surface area is 162 Å². The summed E-state index contributed by atoms with van der Waals surface area (Å²) in [5, 5.41) is 21.9. The summed E-state index contributed by atoms with van der Waals surface area (Å²) in [5.41, 5.74) is -0.904. The molecule has 8 nitrogen and oxygen atoms in total. The number of sulfonamides is 1. The Morgan fingerprint density at radius 2 is 1.69 bits per heavy atom. The van der Waals surface area contributed by atoms with E-state index in [0.717, 1.165) is 23.0 Å². The Morgan fingerprint density at radius 1 is 1.00 bits per heavy atom. The second-order valence-electron chi connectivity index (χ2n) is 5.57. The number of alkyl halides is 3. The maximum Gasteiger partial charge on any atom is 0.417 e. The molecule has 0 saturated carbocycles. The molecule has 2 heterocycles. The van der Waals surface area contributed by atoms with Gasteiger partial charge in [0.1, 0.15) is 11.6 Å². The van der Waals surface area contributed by atoms with E-state index in [9.17, 15) is 26.9 Å². The molecule has 0 amide bonds. The molecule has 0 spiro atoms. The topological polar surface area (TPSA) is 124 Å². The van der Waals surface area contributed by atoms with Gasteiger partial charge in [0.25, 0.3) is 10.0 Å². The van der Waals surface area contributed by atoms with Crippen molar-refractivity contribution in [2.75, 3.05) is 4.72 Å². The smallest absolute Gasteiger partial charge is 0.262 e. The summed E-state index contributed by atoms with van der Waals surface area (Å²) in [7, 11) is -4.18. The van der Waals surface area contributed by atoms with Gasteiger partial charge in [-0.15, -0.1) is 0 Å². The van der Waals surface area contributed by atoms with Crippen LogP contribution in [0.25, 0.3) is 5.82 Å². The fraction of sp³-hybridized carbons (Fsp3) is 0.0588. The van der Waals surface area contributed by atoms with Crippen molar-refractivity contribution in [3.63, 3.8) is 0 Å². The number of nitriles is 2. The van der Waals surface area contributed by atoms with E-state index < -0.39 is 21.8 Å². The highest BCUT2D eigenvalue weighted by Gasteiger charge is 2.31. The lowest BCUT2D eigenvalue weighted by atomic mass is 10.2. The number of nitrogens with one attached hydrogen (secondary N) is 1. The minimum atomic E-state index is -4.59. The third-order valence-corrected chi connectivity index (χ3v) is 5.06. The van der Waals surface area contributed by atoms with Crippen LogP contribution in [0.3, 0.4) is 0 Å². The Balaban J connectivity index is 2.01. The van der Waals surface area contributed by atoms with Gasteiger partial charge in [-0.25, -0.2) is 13.4 Å². The van der Waals surface area contributed by atoms with E-state index in [1.807, 2.05) is 6.07 Å². The van der Waals surface area contributed by atoms with Crippen LogP contribution in [-0.2, 0) is 16.2 Å². The van der Waals surface area contributed by atoms with Crippen LogP contribution in [0.15, 0.2) is 53.7 Å². The molecule has 0 fully saturated rings. The van der Waals surface area contributed by atoms with Gasteiger partial charge in [0.05, 0.1) is 28.3 Å². The van der Waals surface area contributed by atoms with Crippen molar-refractivity contribution in [1.82, 2.24) is 14.8 Å². The second-order valence-corrected chi connectivity index (χ2v) is 7.26. The molecule has 0 atom stereocenters. The molecular weight excluding hydrogens is 409 g/mol. The molecule has 2 aromatic heterocycles. The summed E-state index contributed by atoms with van der Waals surface area (Å²) < 4.78 is 66.5. The Hall–Kier alpha value is -3.90. The van der Waals surface area contributed by atoms with Gasteiger partial charge in [-0.2, -0.15) is 33.5 Å². The molecule has 1 N–H and O–H groups in total. The zero-order valence-electron chi connectivity index (χ0n) is 14.2. The number of benzene rings is 1. The van der Waals surface area contributed by atoms with E-state index >= 15 is 0 Å². The monoisotopic (exact) mass is 418 g/mol. The van der Waals surface area contributed by atoms with E-state index in [1.165, 1.54) is 24.3 Å². The van der Waals surface area contributed by atoms with Gasteiger partial charge in [-0.1, -0.05) is 0 Å². The molecule has 29 heavy (non-hydrogen) atoms. The standard InChI is InChI=1S/C17H9F3N6O2S/c18-17(19,20)13-3-6-15(23-10-13)26-16(12(8-22)9-24-26)25-29(27,28)14-4-1-11(7-21)2-5-14/h1-6,9-10,25H. The average Bonchev–Trinajstić information content (AvgIpc) is 3.09. The molecule has 0 saturated heterocycles. The molecule has 0 radical (unpaired) electrons. The highest BCUT2D eigenvalue weighted by atomic mass is 32.2. The molecular formula is C17H9F3N6O2S. The second kappa shape index (κ2) is 7.26. The van der Waals surface area contributed by atoms with Gasteiger partial charge in [0.2, 0.25) is 0 Å². The van der Waals surface area contributed by atoms with Crippen molar-refractivity contribution in [3.05, 3.63) is 65.5 Å². The van der Waals surface area contributed by atoms with Gasteiger partial charge in [0.15, 0.2) is 11.6 Å². The predicted octanol–water partition coefficient (Wildman–Crippen LogP) is 2.83. The molecule has 146 valence electrons. The molecule has 0 aliphatic rings. The number of rotatable bonds is 4. The number of hydrogen-bond acceptors (Lipinski definition) is 6. The first-order valence-corrected chi connectivity index (χ1v) is 9.19. The van der Waals surface area contributed by atoms with Crippen LogP contribution in [-0.4, -0.2) is 23.2 Å². The van der Waals surface area contributed by atoms with Crippen LogP contribution >= 0.6 is 0 Å². The van der Waals surface area contributed by atoms with E-state index in [0.29, 0.717) is 6.20 Å². The van der Waals surface area contributed by atoms with Crippen molar-refractivity contribution < 1.29 is 21.6 Å². The molecule has 3 aromatic rings. The first-order valence-electron chi connectivity index (χ1n) is 7.70. The number of halogens is 3. The minimum absolute atomic E-state index is 0.128. The van der Waals surface area contributed by atoms with Crippen molar-refractivity contribution >= 4 is 15.8 Å². The first-order chi connectivity index (χ1) is 13.7. The van der Waals surface area contributed by atoms with Gasteiger partial charge >= 0.3 is 6.18 Å². The molecule has 0 unspecified atom stereocenters. The van der Waals surface area contributed by atoms with Gasteiger partial charge in [-0.3, -0.25) is 4.72 Å². The quantitative estimate of drug-likeness (QED) is 0.695. The van der Waals surface area contributed by atoms with Crippen LogP contribution in [0, 0.1) is 22.7 Å². The lowest BCUT2D eigenvalue weighted by molar-refractivity contribution is -0.137. The molecule has 0 aliphatic heterocycles. The fourth-order valence-electron chi connectivity index (χ4n) is 2.28. The summed E-state index contributed by atoms with van der Waals surface area (Å²) in [5.74, 6) is -0.416. The number of aromatic nitrogens is 3. The number of hydrogen-bond donors (Lipinski definition) is 1. The van der Waals surface area contributed by atoms with E-state index in [-0.39, 0.29) is 27.7 Å². The van der Waals surface area contributed by atoms with Crippen LogP contribution in [0.5, 0.6) is 0 Å². The minimum Gasteiger partial charge on any atom is -0.262 e. The van der Waals surface area contributed by atoms with Crippen molar-refractivity contribution in [2.24, 2.45) is 0 Å². The SMILES string of the molecule is N#Cc1ccc(S(=O)(=O)Nc2c(C#N)cnn2-c2ccc(C(F)(F)F)cn2)cc1. The third kappa shape index (κ3) is 4.02. The van der Waals surface area contributed by atoms with Crippen LogP contribution in [0.4, 0.5) is 19.0 Å². The zero-order valence-corrected chi connectivity index (χ0v) is 15.0. The van der Waals surface area contributed by atoms with Gasteiger partial charge in [-0.05, 0) is 36.4 Å². The van der Waals surface area contributed by atoms with Crippen molar-refractivity contribution in [2.45, 2.75) is 11.1 Å². The van der Waals surface area contributed by atoms with E-state index in [4.69, 9.17) is 5.26 Å². The summed E-state index contributed by atoms with van der Waals surface area (Å²) in [6.45, 7) is 0. The summed E-state index contributed by atoms with van der Waals surface area (Å²) in [6.07, 6.45) is -2.97. The maximum atomic E-state index is 12.7. The average molecular weight is 418 g/mol. The normalized spacial score (nSPS) is 11.5. The Bertz CT molecular complexity index is 1230. The molecule has 0 aliphatic carbocycles. The molecule has 1 aromatic carbocycles. The zero-order chi connectivity index (χ0) is 21.2. The van der Waals surface area contributed by atoms with Crippen molar-refractivity contribution in [3.8, 4) is 18.0 Å². The first kappa shape index (κ1) is 19.9. The van der Waals surface area contributed by atoms with Gasteiger partial charge in [0, 0.05) is 6.20 Å². The Kier molecular flexibility index (Phi) is 4.97. The lowest BCUT2D eigenvalue weighted by Gasteiger charge is -2.12. The number of pyridine rings is 1.